The van der Waals surface area contributed by atoms with Crippen LogP contribution in [0.15, 0.2) is 46.0 Å². The Morgan fingerprint density at radius 2 is 1.05 bits per heavy atom. The fourth-order valence-corrected chi connectivity index (χ4v) is 11.4. The molecule has 14 nitrogen and oxygen atoms in total. The minimum atomic E-state index is -0.367. The molecule has 2 aromatic heterocycles. The molecule has 4 N–H and O–H groups in total. The van der Waals surface area contributed by atoms with E-state index in [4.69, 9.17) is 9.47 Å². The van der Waals surface area contributed by atoms with Crippen LogP contribution in [-0.4, -0.2) is 119 Å². The molecule has 0 aliphatic carbocycles. The number of fused-ring (bicyclic) bond motifs is 6. The summed E-state index contributed by atoms with van der Waals surface area (Å²) in [5, 5.41) is 26.8. The van der Waals surface area contributed by atoms with Gasteiger partial charge in [0.25, 0.3) is 11.1 Å². The summed E-state index contributed by atoms with van der Waals surface area (Å²) >= 11 is 0. The molecule has 0 saturated carbocycles. The van der Waals surface area contributed by atoms with E-state index in [1.807, 2.05) is 85.4 Å². The highest BCUT2D eigenvalue weighted by atomic mass is 16.5. The molecular weight excluding hydrogens is 789 g/mol. The van der Waals surface area contributed by atoms with E-state index in [9.17, 15) is 29.4 Å². The summed E-state index contributed by atoms with van der Waals surface area (Å²) in [5.41, 5.74) is 3.33. The lowest BCUT2D eigenvalue weighted by molar-refractivity contribution is -0.128. The van der Waals surface area contributed by atoms with Gasteiger partial charge in [-0.2, -0.15) is 0 Å². The Labute approximate surface area is 366 Å². The van der Waals surface area contributed by atoms with Crippen molar-refractivity contribution in [2.75, 3.05) is 65.8 Å². The van der Waals surface area contributed by atoms with Gasteiger partial charge in [-0.25, -0.2) is 0 Å². The van der Waals surface area contributed by atoms with Gasteiger partial charge in [-0.15, -0.1) is 0 Å². The van der Waals surface area contributed by atoms with Crippen LogP contribution in [0.1, 0.15) is 101 Å². The molecule has 340 valence electrons. The van der Waals surface area contributed by atoms with Gasteiger partial charge in [0.05, 0.1) is 24.2 Å². The first kappa shape index (κ1) is 46.1. The average molecular weight is 859 g/mol. The fourth-order valence-electron chi connectivity index (χ4n) is 11.4. The van der Waals surface area contributed by atoms with Crippen LogP contribution in [-0.2, 0) is 32.2 Å². The molecule has 6 aliphatic heterocycles. The lowest BCUT2D eigenvalue weighted by atomic mass is 9.88. The van der Waals surface area contributed by atoms with E-state index in [0.29, 0.717) is 49.1 Å². The van der Waals surface area contributed by atoms with Crippen LogP contribution >= 0.6 is 0 Å². The first-order valence-electron chi connectivity index (χ1n) is 23.4. The maximum Gasteiger partial charge on any atom is 0.258 e. The maximum absolute atomic E-state index is 13.2. The number of aliphatic hydroxyl groups excluding tert-OH is 2. The molecule has 0 spiro atoms. The van der Waals surface area contributed by atoms with Crippen molar-refractivity contribution in [1.29, 1.82) is 0 Å². The van der Waals surface area contributed by atoms with Crippen molar-refractivity contribution in [2.45, 2.75) is 103 Å². The van der Waals surface area contributed by atoms with E-state index < -0.39 is 0 Å². The van der Waals surface area contributed by atoms with Crippen LogP contribution in [0.25, 0.3) is 12.2 Å². The summed E-state index contributed by atoms with van der Waals surface area (Å²) in [5.74, 6) is 0.639. The van der Waals surface area contributed by atoms with Crippen molar-refractivity contribution < 1.29 is 29.3 Å². The second-order valence-corrected chi connectivity index (χ2v) is 18.1. The van der Waals surface area contributed by atoms with Crippen molar-refractivity contribution in [3.63, 3.8) is 0 Å². The molecule has 0 radical (unpaired) electrons. The first-order valence-corrected chi connectivity index (χ1v) is 23.4. The number of amides is 2. The van der Waals surface area contributed by atoms with Crippen molar-refractivity contribution in [1.82, 2.24) is 29.6 Å². The third-order valence-electron chi connectivity index (χ3n) is 14.4. The number of carbonyl (C=O) groups excluding carboxylic acids is 2. The third-order valence-corrected chi connectivity index (χ3v) is 14.4. The van der Waals surface area contributed by atoms with E-state index in [0.717, 1.165) is 89.4 Å². The van der Waals surface area contributed by atoms with E-state index in [-0.39, 0.29) is 84.0 Å². The average Bonchev–Trinajstić information content (AvgIpc) is 4.02. The zero-order valence-electron chi connectivity index (χ0n) is 37.3. The zero-order valence-corrected chi connectivity index (χ0v) is 37.3. The van der Waals surface area contributed by atoms with Gasteiger partial charge in [-0.05, 0) is 88.5 Å². The van der Waals surface area contributed by atoms with E-state index in [2.05, 4.69) is 20.4 Å². The molecular formula is C48H70N6O8. The number of carbonyl (C=O) groups is 2. The van der Waals surface area contributed by atoms with Gasteiger partial charge in [0.1, 0.15) is 0 Å². The Balaban J connectivity index is 0.000000186. The third kappa shape index (κ3) is 9.19. The Hall–Kier alpha value is -3.92. The largest absolute Gasteiger partial charge is 0.396 e. The van der Waals surface area contributed by atoms with Gasteiger partial charge in [-0.3, -0.25) is 29.0 Å². The Morgan fingerprint density at radius 1 is 0.661 bits per heavy atom. The highest BCUT2D eigenvalue weighted by molar-refractivity contribution is 5.83. The number of rotatable bonds is 14. The van der Waals surface area contributed by atoms with Crippen LogP contribution in [0.5, 0.6) is 0 Å². The number of aliphatic hydroxyl groups is 2. The molecule has 62 heavy (non-hydrogen) atoms. The lowest BCUT2D eigenvalue weighted by Crippen LogP contribution is -2.50. The summed E-state index contributed by atoms with van der Waals surface area (Å²) in [6, 6.07) is 7.08. The van der Waals surface area contributed by atoms with Crippen LogP contribution in [0.3, 0.4) is 0 Å². The van der Waals surface area contributed by atoms with Gasteiger partial charge in [0, 0.05) is 125 Å². The van der Waals surface area contributed by atoms with Crippen molar-refractivity contribution in [2.24, 2.45) is 35.5 Å². The molecule has 2 aromatic rings. The lowest BCUT2D eigenvalue weighted by Gasteiger charge is -2.35. The Morgan fingerprint density at radius 3 is 1.39 bits per heavy atom. The summed E-state index contributed by atoms with van der Waals surface area (Å²) < 4.78 is 14.8. The summed E-state index contributed by atoms with van der Waals surface area (Å²) in [6.45, 7) is 14.8. The molecule has 8 rings (SSSR count). The predicted molar refractivity (Wildman–Crippen MR) is 239 cm³/mol. The van der Waals surface area contributed by atoms with Crippen LogP contribution < -0.4 is 21.8 Å². The highest BCUT2D eigenvalue weighted by Gasteiger charge is 2.57. The number of pyridine rings is 2. The second kappa shape index (κ2) is 21.2. The van der Waals surface area contributed by atoms with Crippen molar-refractivity contribution >= 4 is 24.0 Å². The number of hydrogen-bond acceptors (Lipinski definition) is 10. The number of hydrogen-bond donors (Lipinski definition) is 4. The van der Waals surface area contributed by atoms with Gasteiger partial charge >= 0.3 is 0 Å². The molecule has 0 aromatic carbocycles. The van der Waals surface area contributed by atoms with E-state index in [1.54, 1.807) is 0 Å². The number of nitrogens with one attached hydrogen (secondary N) is 2. The topological polar surface area (TPSA) is 168 Å². The van der Waals surface area contributed by atoms with Crippen LogP contribution in [0, 0.1) is 35.5 Å². The summed E-state index contributed by atoms with van der Waals surface area (Å²) in [6.07, 6.45) is 13.1. The molecule has 0 unspecified atom stereocenters. The van der Waals surface area contributed by atoms with Gasteiger partial charge in [-0.1, -0.05) is 38.2 Å². The first-order chi connectivity index (χ1) is 30.2. The number of nitrogens with zero attached hydrogens (tertiary/aromatic N) is 4. The smallest absolute Gasteiger partial charge is 0.258 e. The second-order valence-electron chi connectivity index (χ2n) is 18.1. The quantitative estimate of drug-likeness (QED) is 0.221. The molecule has 6 aliphatic rings. The minimum absolute atomic E-state index is 0.00166. The Kier molecular flexibility index (Phi) is 15.7. The van der Waals surface area contributed by atoms with Gasteiger partial charge in [0.2, 0.25) is 11.8 Å². The zero-order chi connectivity index (χ0) is 43.9. The standard InChI is InChI=1S/2C24H35N3O4/c2*1-3-5-17-6-7-20-21-18(14-26(20)24(17)30)19(15-28)22(23(29)25-10-4-2)27(21)13-16-8-11-31-12-9-16/h2*3,5-7,16,18-19,21-22,28H,4,8-15H2,1-2H3,(H,25,29)/b5-3+;5-3-/t2*18-,19-,21+,22-/m00/s1. The number of allylic oxidation sites excluding steroid dienone is 2. The number of ether oxygens (including phenoxy) is 2. The maximum atomic E-state index is 13.2. The minimum Gasteiger partial charge on any atom is -0.396 e. The normalized spacial score (nSPS) is 28.7. The van der Waals surface area contributed by atoms with E-state index in [1.165, 1.54) is 0 Å². The summed E-state index contributed by atoms with van der Waals surface area (Å²) in [4.78, 5) is 57.1. The molecule has 14 heteroatoms. The molecule has 4 saturated heterocycles. The molecule has 2 amide bonds. The van der Waals surface area contributed by atoms with Crippen LogP contribution in [0.2, 0.25) is 0 Å². The van der Waals surface area contributed by atoms with Crippen molar-refractivity contribution in [3.05, 3.63) is 79.6 Å². The SMILES string of the molecule is C/C=C/c1ccc2n(c1=O)C[C@H]1[C@H](CO)[C@@H](C(=O)NCCC)N(CC3CCOCC3)[C@@H]21.C/C=C\c1ccc2n(c1=O)C[C@H]1[C@H](CO)[C@@H](C(=O)NCCC)N(CC3CCOCC3)[C@@H]21. The van der Waals surface area contributed by atoms with Gasteiger partial charge in [0.15, 0.2) is 0 Å². The van der Waals surface area contributed by atoms with Gasteiger partial charge < -0.3 is 39.5 Å². The molecule has 8 heterocycles. The number of likely N-dealkylation sites (tertiary alicyclic amines) is 2. The molecule has 8 atom stereocenters. The Bertz CT molecular complexity index is 1890. The van der Waals surface area contributed by atoms with Crippen molar-refractivity contribution in [3.8, 4) is 0 Å². The summed E-state index contributed by atoms with van der Waals surface area (Å²) in [7, 11) is 0. The predicted octanol–water partition coefficient (Wildman–Crippen LogP) is 3.60. The monoisotopic (exact) mass is 859 g/mol. The molecule has 0 bridgehead atoms. The van der Waals surface area contributed by atoms with Crippen LogP contribution in [0.4, 0.5) is 0 Å². The fraction of sp³-hybridized carbons (Fsp3) is 0.667. The van der Waals surface area contributed by atoms with E-state index >= 15 is 0 Å². The number of aromatic nitrogens is 2. The highest BCUT2D eigenvalue weighted by Crippen LogP contribution is 2.51. The molecule has 4 fully saturated rings.